The van der Waals surface area contributed by atoms with Crippen molar-refractivity contribution in [2.45, 2.75) is 39.0 Å². The van der Waals surface area contributed by atoms with Gasteiger partial charge in [-0.3, -0.25) is 4.79 Å². The fraction of sp³-hybridized carbons (Fsp3) is 0.692. The monoisotopic (exact) mass is 267 g/mol. The normalized spacial score (nSPS) is 20.3. The summed E-state index contributed by atoms with van der Waals surface area (Å²) in [6.45, 7) is 8.03. The van der Waals surface area contributed by atoms with E-state index in [4.69, 9.17) is 4.74 Å². The van der Waals surface area contributed by atoms with Gasteiger partial charge in [-0.2, -0.15) is 5.10 Å². The minimum absolute atomic E-state index is 0.192. The van der Waals surface area contributed by atoms with Crippen molar-refractivity contribution in [3.8, 4) is 0 Å². The lowest BCUT2D eigenvalue weighted by atomic mass is 10.1. The zero-order valence-electron chi connectivity index (χ0n) is 11.7. The van der Waals surface area contributed by atoms with Gasteiger partial charge < -0.3 is 14.7 Å². The van der Waals surface area contributed by atoms with Gasteiger partial charge in [0.2, 0.25) is 0 Å². The van der Waals surface area contributed by atoms with Crippen molar-refractivity contribution in [1.29, 1.82) is 0 Å². The van der Waals surface area contributed by atoms with E-state index in [0.29, 0.717) is 6.61 Å². The van der Waals surface area contributed by atoms with Crippen molar-refractivity contribution in [3.05, 3.63) is 22.6 Å². The first-order chi connectivity index (χ1) is 8.87. The van der Waals surface area contributed by atoms with Crippen LogP contribution in [0.1, 0.15) is 20.8 Å². The number of nitrogens with zero attached hydrogens (tertiary/aromatic N) is 3. The molecule has 0 radical (unpaired) electrons. The van der Waals surface area contributed by atoms with E-state index in [-0.39, 0.29) is 17.7 Å². The van der Waals surface area contributed by atoms with E-state index in [1.165, 1.54) is 4.68 Å². The van der Waals surface area contributed by atoms with Gasteiger partial charge in [0.25, 0.3) is 5.56 Å². The van der Waals surface area contributed by atoms with Gasteiger partial charge in [0.1, 0.15) is 0 Å². The summed E-state index contributed by atoms with van der Waals surface area (Å²) in [7, 11) is 0. The van der Waals surface area contributed by atoms with Crippen LogP contribution in [0, 0.1) is 0 Å². The molecule has 0 saturated carbocycles. The number of rotatable bonds is 3. The molecule has 0 spiro atoms. The molecule has 0 unspecified atom stereocenters. The molecule has 1 fully saturated rings. The standard InChI is InChI=1S/C13H21N3O3/c1-10(17)8-16-12(18)6-11(7-14-16)15-4-5-19-13(2,3)9-15/h6-7,10,17H,4-5,8-9H2,1-3H3/t10-/m0/s1. The van der Waals surface area contributed by atoms with Crippen LogP contribution >= 0.6 is 0 Å². The number of hydrogen-bond donors (Lipinski definition) is 1. The van der Waals surface area contributed by atoms with Crippen molar-refractivity contribution in [1.82, 2.24) is 9.78 Å². The van der Waals surface area contributed by atoms with Crippen LogP contribution in [0.2, 0.25) is 0 Å². The van der Waals surface area contributed by atoms with E-state index < -0.39 is 6.10 Å². The van der Waals surface area contributed by atoms with Gasteiger partial charge in [-0.05, 0) is 20.8 Å². The Labute approximate surface area is 112 Å². The van der Waals surface area contributed by atoms with Gasteiger partial charge in [-0.15, -0.1) is 0 Å². The lowest BCUT2D eigenvalue weighted by molar-refractivity contribution is -0.0277. The minimum atomic E-state index is -0.585. The molecule has 1 saturated heterocycles. The summed E-state index contributed by atoms with van der Waals surface area (Å²) in [5.74, 6) is 0. The van der Waals surface area contributed by atoms with Crippen LogP contribution in [0.5, 0.6) is 0 Å². The minimum Gasteiger partial charge on any atom is -0.391 e. The summed E-state index contributed by atoms with van der Waals surface area (Å²) in [6.07, 6.45) is 1.09. The number of aromatic nitrogens is 2. The SMILES string of the molecule is C[C@H](O)Cn1ncc(N2CCOC(C)(C)C2)cc1=O. The molecule has 106 valence electrons. The quantitative estimate of drug-likeness (QED) is 0.849. The van der Waals surface area contributed by atoms with Crippen molar-refractivity contribution in [3.63, 3.8) is 0 Å². The number of anilines is 1. The molecule has 1 aliphatic heterocycles. The van der Waals surface area contributed by atoms with Crippen LogP contribution in [0.4, 0.5) is 5.69 Å². The Morgan fingerprint density at radius 2 is 2.32 bits per heavy atom. The maximum absolute atomic E-state index is 11.9. The van der Waals surface area contributed by atoms with Crippen LogP contribution in [0.15, 0.2) is 17.1 Å². The Morgan fingerprint density at radius 3 is 2.89 bits per heavy atom. The topological polar surface area (TPSA) is 67.6 Å². The van der Waals surface area contributed by atoms with E-state index in [2.05, 4.69) is 10.00 Å². The molecule has 6 heteroatoms. The predicted octanol–water partition coefficient (Wildman–Crippen LogP) is 0.239. The maximum Gasteiger partial charge on any atom is 0.268 e. The van der Waals surface area contributed by atoms with Crippen LogP contribution in [0.3, 0.4) is 0 Å². The van der Waals surface area contributed by atoms with Crippen molar-refractivity contribution in [2.75, 3.05) is 24.6 Å². The molecule has 0 aliphatic carbocycles. The molecule has 0 aromatic carbocycles. The zero-order valence-corrected chi connectivity index (χ0v) is 11.7. The van der Waals surface area contributed by atoms with Crippen molar-refractivity contribution in [2.24, 2.45) is 0 Å². The Kier molecular flexibility index (Phi) is 3.91. The highest BCUT2D eigenvalue weighted by Crippen LogP contribution is 2.21. The van der Waals surface area contributed by atoms with E-state index in [9.17, 15) is 9.90 Å². The van der Waals surface area contributed by atoms with E-state index in [1.807, 2.05) is 13.8 Å². The summed E-state index contributed by atoms with van der Waals surface area (Å²) >= 11 is 0. The van der Waals surface area contributed by atoms with Gasteiger partial charge in [-0.25, -0.2) is 4.68 Å². The fourth-order valence-electron chi connectivity index (χ4n) is 2.22. The number of aliphatic hydroxyl groups is 1. The second kappa shape index (κ2) is 5.30. The Bertz CT molecular complexity index is 496. The highest BCUT2D eigenvalue weighted by molar-refractivity contribution is 5.43. The number of aliphatic hydroxyl groups excluding tert-OH is 1. The molecule has 0 bridgehead atoms. The Balaban J connectivity index is 2.18. The number of hydrogen-bond acceptors (Lipinski definition) is 5. The summed E-state index contributed by atoms with van der Waals surface area (Å²) in [4.78, 5) is 14.0. The van der Waals surface area contributed by atoms with Crippen molar-refractivity contribution >= 4 is 5.69 Å². The lowest BCUT2D eigenvalue weighted by Crippen LogP contribution is -2.48. The molecule has 1 aromatic rings. The van der Waals surface area contributed by atoms with Gasteiger partial charge in [0.15, 0.2) is 0 Å². The molecule has 1 atom stereocenters. The fourth-order valence-corrected chi connectivity index (χ4v) is 2.22. The summed E-state index contributed by atoms with van der Waals surface area (Å²) in [5.41, 5.74) is 0.401. The Morgan fingerprint density at radius 1 is 1.58 bits per heavy atom. The average molecular weight is 267 g/mol. The first-order valence-corrected chi connectivity index (χ1v) is 6.51. The van der Waals surface area contributed by atoms with Crippen LogP contribution in [-0.4, -0.2) is 46.3 Å². The average Bonchev–Trinajstić information content (AvgIpc) is 2.30. The van der Waals surface area contributed by atoms with E-state index >= 15 is 0 Å². The van der Waals surface area contributed by atoms with Crippen LogP contribution < -0.4 is 10.5 Å². The highest BCUT2D eigenvalue weighted by Gasteiger charge is 2.27. The van der Waals surface area contributed by atoms with Crippen LogP contribution in [-0.2, 0) is 11.3 Å². The molecule has 0 amide bonds. The molecular weight excluding hydrogens is 246 g/mol. The third-order valence-electron chi connectivity index (χ3n) is 3.08. The summed E-state index contributed by atoms with van der Waals surface area (Å²) in [5, 5.41) is 13.4. The molecule has 6 nitrogen and oxygen atoms in total. The first kappa shape index (κ1) is 14.0. The predicted molar refractivity (Wildman–Crippen MR) is 72.4 cm³/mol. The third kappa shape index (κ3) is 3.54. The van der Waals surface area contributed by atoms with Gasteiger partial charge in [0.05, 0.1) is 36.7 Å². The summed E-state index contributed by atoms with van der Waals surface area (Å²) in [6, 6.07) is 1.57. The molecular formula is C13H21N3O3. The van der Waals surface area contributed by atoms with E-state index in [0.717, 1.165) is 18.8 Å². The second-order valence-electron chi connectivity index (χ2n) is 5.61. The first-order valence-electron chi connectivity index (χ1n) is 6.51. The molecule has 1 aromatic heterocycles. The molecule has 1 aliphatic rings. The number of ether oxygens (including phenoxy) is 1. The van der Waals surface area contributed by atoms with Crippen molar-refractivity contribution < 1.29 is 9.84 Å². The smallest absolute Gasteiger partial charge is 0.268 e. The second-order valence-corrected chi connectivity index (χ2v) is 5.61. The number of morpholine rings is 1. The highest BCUT2D eigenvalue weighted by atomic mass is 16.5. The van der Waals surface area contributed by atoms with Gasteiger partial charge in [-0.1, -0.05) is 0 Å². The molecule has 19 heavy (non-hydrogen) atoms. The van der Waals surface area contributed by atoms with Crippen LogP contribution in [0.25, 0.3) is 0 Å². The maximum atomic E-state index is 11.9. The molecule has 2 rings (SSSR count). The molecule has 1 N–H and O–H groups in total. The third-order valence-corrected chi connectivity index (χ3v) is 3.08. The summed E-state index contributed by atoms with van der Waals surface area (Å²) < 4.78 is 6.92. The van der Waals surface area contributed by atoms with Gasteiger partial charge >= 0.3 is 0 Å². The Hall–Kier alpha value is -1.40. The molecule has 2 heterocycles. The largest absolute Gasteiger partial charge is 0.391 e. The zero-order chi connectivity index (χ0) is 14.0. The lowest BCUT2D eigenvalue weighted by Gasteiger charge is -2.39. The van der Waals surface area contributed by atoms with Gasteiger partial charge in [0, 0.05) is 19.2 Å². The van der Waals surface area contributed by atoms with E-state index in [1.54, 1.807) is 19.2 Å².